The molecule has 0 saturated heterocycles. The highest BCUT2D eigenvalue weighted by molar-refractivity contribution is 5.95. The molecule has 19 heavy (non-hydrogen) atoms. The Bertz CT molecular complexity index is 467. The molecule has 0 bridgehead atoms. The molecule has 2 N–H and O–H groups in total. The Kier molecular flexibility index (Phi) is 5.55. The first-order valence-corrected chi connectivity index (χ1v) is 6.61. The van der Waals surface area contributed by atoms with Gasteiger partial charge in [-0.3, -0.25) is 9.59 Å². The molecular weight excluding hydrogens is 240 g/mol. The van der Waals surface area contributed by atoms with Gasteiger partial charge in [0.15, 0.2) is 0 Å². The van der Waals surface area contributed by atoms with Crippen LogP contribution in [0.2, 0.25) is 0 Å². The van der Waals surface area contributed by atoms with Crippen molar-refractivity contribution in [3.63, 3.8) is 0 Å². The van der Waals surface area contributed by atoms with Gasteiger partial charge < -0.3 is 10.6 Å². The lowest BCUT2D eigenvalue weighted by molar-refractivity contribution is -0.123. The van der Waals surface area contributed by atoms with E-state index in [1.807, 2.05) is 25.1 Å². The third-order valence-electron chi connectivity index (χ3n) is 2.96. The summed E-state index contributed by atoms with van der Waals surface area (Å²) in [6.45, 7) is 7.91. The van der Waals surface area contributed by atoms with Crippen molar-refractivity contribution in [1.29, 1.82) is 0 Å². The van der Waals surface area contributed by atoms with Crippen LogP contribution in [0, 0.1) is 6.92 Å². The van der Waals surface area contributed by atoms with Crippen molar-refractivity contribution in [2.24, 2.45) is 0 Å². The third-order valence-corrected chi connectivity index (χ3v) is 2.96. The largest absolute Gasteiger partial charge is 0.347 e. The van der Waals surface area contributed by atoms with Gasteiger partial charge in [-0.15, -0.1) is 0 Å². The van der Waals surface area contributed by atoms with Crippen molar-refractivity contribution in [2.45, 2.75) is 40.0 Å². The molecule has 0 fully saturated rings. The Morgan fingerprint density at radius 2 is 1.89 bits per heavy atom. The second-order valence-corrected chi connectivity index (χ2v) is 4.87. The van der Waals surface area contributed by atoms with Gasteiger partial charge in [-0.25, -0.2) is 0 Å². The van der Waals surface area contributed by atoms with Crippen LogP contribution in [0.15, 0.2) is 18.2 Å². The molecule has 4 heteroatoms. The minimum absolute atomic E-state index is 0.0124. The van der Waals surface area contributed by atoms with E-state index in [1.165, 1.54) is 0 Å². The van der Waals surface area contributed by atoms with E-state index in [-0.39, 0.29) is 18.4 Å². The molecule has 0 heterocycles. The Morgan fingerprint density at radius 3 is 2.47 bits per heavy atom. The topological polar surface area (TPSA) is 58.2 Å². The van der Waals surface area contributed by atoms with E-state index in [0.717, 1.165) is 16.8 Å². The maximum Gasteiger partial charge on any atom is 0.243 e. The Morgan fingerprint density at radius 1 is 1.21 bits per heavy atom. The highest BCUT2D eigenvalue weighted by atomic mass is 16.2. The lowest BCUT2D eigenvalue weighted by Gasteiger charge is -2.16. The minimum atomic E-state index is -0.196. The fourth-order valence-electron chi connectivity index (χ4n) is 1.83. The number of aryl methyl sites for hydroxylation is 1. The van der Waals surface area contributed by atoms with Gasteiger partial charge >= 0.3 is 0 Å². The van der Waals surface area contributed by atoms with Gasteiger partial charge in [-0.05, 0) is 24.0 Å². The van der Waals surface area contributed by atoms with Crippen molar-refractivity contribution < 1.29 is 9.59 Å². The number of para-hydroxylation sites is 1. The van der Waals surface area contributed by atoms with Crippen molar-refractivity contribution in [3.8, 4) is 0 Å². The van der Waals surface area contributed by atoms with Crippen LogP contribution in [0.4, 0.5) is 5.69 Å². The number of hydrogen-bond donors (Lipinski definition) is 2. The van der Waals surface area contributed by atoms with Crippen molar-refractivity contribution in [2.75, 3.05) is 11.9 Å². The molecule has 0 spiro atoms. The first-order valence-electron chi connectivity index (χ1n) is 6.61. The molecule has 0 saturated carbocycles. The number of carbonyl (C=O) groups excluding carboxylic acids is 2. The summed E-state index contributed by atoms with van der Waals surface area (Å²) in [6, 6.07) is 5.96. The lowest BCUT2D eigenvalue weighted by Crippen LogP contribution is -2.32. The normalized spacial score (nSPS) is 10.4. The summed E-state index contributed by atoms with van der Waals surface area (Å²) in [5.41, 5.74) is 2.99. The SMILES string of the molecule is CCC(=O)NCC(=O)Nc1c(C)cccc1C(C)C. The van der Waals surface area contributed by atoms with Crippen LogP contribution in [0.3, 0.4) is 0 Å². The number of rotatable bonds is 5. The highest BCUT2D eigenvalue weighted by Gasteiger charge is 2.12. The van der Waals surface area contributed by atoms with Crippen LogP contribution in [0.1, 0.15) is 44.2 Å². The number of hydrogen-bond acceptors (Lipinski definition) is 2. The van der Waals surface area contributed by atoms with Crippen LogP contribution in [0.5, 0.6) is 0 Å². The molecule has 1 aromatic carbocycles. The zero-order valence-corrected chi connectivity index (χ0v) is 12.0. The van der Waals surface area contributed by atoms with Gasteiger partial charge in [0.05, 0.1) is 6.54 Å². The Hall–Kier alpha value is -1.84. The molecule has 1 rings (SSSR count). The molecular formula is C15H22N2O2. The zero-order chi connectivity index (χ0) is 14.4. The summed E-state index contributed by atoms with van der Waals surface area (Å²) in [4.78, 5) is 23.0. The summed E-state index contributed by atoms with van der Waals surface area (Å²) in [5.74, 6) is 0.0162. The molecule has 1 aromatic rings. The summed E-state index contributed by atoms with van der Waals surface area (Å²) in [7, 11) is 0. The van der Waals surface area contributed by atoms with E-state index < -0.39 is 0 Å². The molecule has 0 radical (unpaired) electrons. The maximum atomic E-state index is 11.8. The molecule has 0 aromatic heterocycles. The van der Waals surface area contributed by atoms with Crippen molar-refractivity contribution >= 4 is 17.5 Å². The monoisotopic (exact) mass is 262 g/mol. The first kappa shape index (κ1) is 15.2. The predicted octanol–water partition coefficient (Wildman–Crippen LogP) is 2.58. The van der Waals surface area contributed by atoms with Gasteiger partial charge in [-0.2, -0.15) is 0 Å². The summed E-state index contributed by atoms with van der Waals surface area (Å²) < 4.78 is 0. The van der Waals surface area contributed by atoms with Crippen LogP contribution in [-0.4, -0.2) is 18.4 Å². The van der Waals surface area contributed by atoms with E-state index >= 15 is 0 Å². The van der Waals surface area contributed by atoms with E-state index in [2.05, 4.69) is 24.5 Å². The number of carbonyl (C=O) groups is 2. The number of anilines is 1. The smallest absolute Gasteiger partial charge is 0.243 e. The van der Waals surface area contributed by atoms with Gasteiger partial charge in [-0.1, -0.05) is 39.0 Å². The van der Waals surface area contributed by atoms with Gasteiger partial charge in [0.2, 0.25) is 11.8 Å². The fraction of sp³-hybridized carbons (Fsp3) is 0.467. The molecule has 0 aliphatic heterocycles. The van der Waals surface area contributed by atoms with E-state index in [1.54, 1.807) is 6.92 Å². The fourth-order valence-corrected chi connectivity index (χ4v) is 1.83. The first-order chi connectivity index (χ1) is 8.95. The second-order valence-electron chi connectivity index (χ2n) is 4.87. The zero-order valence-electron chi connectivity index (χ0n) is 12.0. The summed E-state index contributed by atoms with van der Waals surface area (Å²) >= 11 is 0. The number of benzene rings is 1. The average molecular weight is 262 g/mol. The van der Waals surface area contributed by atoms with Gasteiger partial charge in [0.1, 0.15) is 0 Å². The number of nitrogens with one attached hydrogen (secondary N) is 2. The maximum absolute atomic E-state index is 11.8. The quantitative estimate of drug-likeness (QED) is 0.857. The molecule has 104 valence electrons. The van der Waals surface area contributed by atoms with Crippen LogP contribution < -0.4 is 10.6 Å². The van der Waals surface area contributed by atoms with Gasteiger partial charge in [0, 0.05) is 12.1 Å². The Labute approximate surface area is 114 Å². The second kappa shape index (κ2) is 6.92. The van der Waals surface area contributed by atoms with Gasteiger partial charge in [0.25, 0.3) is 0 Å². The summed E-state index contributed by atoms with van der Waals surface area (Å²) in [5, 5.41) is 5.46. The summed E-state index contributed by atoms with van der Waals surface area (Å²) in [6.07, 6.45) is 0.384. The van der Waals surface area contributed by atoms with Crippen molar-refractivity contribution in [3.05, 3.63) is 29.3 Å². The predicted molar refractivity (Wildman–Crippen MR) is 77.2 cm³/mol. The molecule has 0 aliphatic carbocycles. The molecule has 4 nitrogen and oxygen atoms in total. The third kappa shape index (κ3) is 4.39. The molecule has 2 amide bonds. The standard InChI is InChI=1S/C15H22N2O2/c1-5-13(18)16-9-14(19)17-15-11(4)7-6-8-12(15)10(2)3/h6-8,10H,5,9H2,1-4H3,(H,16,18)(H,17,19). The van der Waals surface area contributed by atoms with Crippen LogP contribution in [0.25, 0.3) is 0 Å². The molecule has 0 aliphatic rings. The van der Waals surface area contributed by atoms with Crippen LogP contribution in [-0.2, 0) is 9.59 Å². The van der Waals surface area contributed by atoms with E-state index in [4.69, 9.17) is 0 Å². The molecule has 0 atom stereocenters. The number of amides is 2. The van der Waals surface area contributed by atoms with Crippen LogP contribution >= 0.6 is 0 Å². The Balaban J connectivity index is 2.76. The average Bonchev–Trinajstić information content (AvgIpc) is 2.38. The van der Waals surface area contributed by atoms with Crippen molar-refractivity contribution in [1.82, 2.24) is 5.32 Å². The van der Waals surface area contributed by atoms with E-state index in [9.17, 15) is 9.59 Å². The lowest BCUT2D eigenvalue weighted by atomic mass is 9.98. The molecule has 0 unspecified atom stereocenters. The minimum Gasteiger partial charge on any atom is -0.347 e. The highest BCUT2D eigenvalue weighted by Crippen LogP contribution is 2.27. The van der Waals surface area contributed by atoms with E-state index in [0.29, 0.717) is 12.3 Å².